The Labute approximate surface area is 131 Å². The van der Waals surface area contributed by atoms with Crippen LogP contribution in [-0.4, -0.2) is 29.7 Å². The van der Waals surface area contributed by atoms with E-state index in [1.54, 1.807) is 0 Å². The zero-order chi connectivity index (χ0) is 15.4. The molecular formula is C18H24N2O2. The molecule has 22 heavy (non-hydrogen) atoms. The molecule has 2 aromatic rings. The van der Waals surface area contributed by atoms with Crippen LogP contribution in [0.3, 0.4) is 0 Å². The van der Waals surface area contributed by atoms with Crippen molar-refractivity contribution in [2.45, 2.75) is 38.8 Å². The van der Waals surface area contributed by atoms with Gasteiger partial charge < -0.3 is 14.6 Å². The molecule has 1 aromatic carbocycles. The first-order chi connectivity index (χ1) is 10.7. The molecule has 0 unspecified atom stereocenters. The predicted molar refractivity (Wildman–Crippen MR) is 87.7 cm³/mol. The second-order valence-electron chi connectivity index (χ2n) is 6.13. The maximum absolute atomic E-state index is 11.9. The van der Waals surface area contributed by atoms with Gasteiger partial charge in [0.1, 0.15) is 6.10 Å². The van der Waals surface area contributed by atoms with Gasteiger partial charge in [0.15, 0.2) is 0 Å². The summed E-state index contributed by atoms with van der Waals surface area (Å²) in [6, 6.07) is 10.5. The van der Waals surface area contributed by atoms with Crippen LogP contribution in [-0.2, 0) is 16.1 Å². The molecule has 1 fully saturated rings. The van der Waals surface area contributed by atoms with E-state index < -0.39 is 0 Å². The van der Waals surface area contributed by atoms with Gasteiger partial charge >= 0.3 is 0 Å². The first-order valence-corrected chi connectivity index (χ1v) is 8.17. The van der Waals surface area contributed by atoms with Crippen molar-refractivity contribution in [2.24, 2.45) is 5.92 Å². The third-order valence-corrected chi connectivity index (χ3v) is 4.20. The van der Waals surface area contributed by atoms with Crippen LogP contribution in [0, 0.1) is 5.92 Å². The van der Waals surface area contributed by atoms with Crippen molar-refractivity contribution in [3.8, 4) is 0 Å². The molecule has 1 heterocycles. The lowest BCUT2D eigenvalue weighted by molar-refractivity contribution is -0.132. The van der Waals surface area contributed by atoms with E-state index in [9.17, 15) is 4.79 Å². The lowest BCUT2D eigenvalue weighted by Gasteiger charge is -2.13. The summed E-state index contributed by atoms with van der Waals surface area (Å²) in [6.45, 7) is 4.15. The van der Waals surface area contributed by atoms with Gasteiger partial charge in [-0.1, -0.05) is 18.2 Å². The number of aryl methyl sites for hydroxylation is 1. The number of fused-ring (bicyclic) bond motifs is 1. The highest BCUT2D eigenvalue weighted by Crippen LogP contribution is 2.29. The van der Waals surface area contributed by atoms with E-state index >= 15 is 0 Å². The van der Waals surface area contributed by atoms with Crippen molar-refractivity contribution >= 4 is 16.8 Å². The average molecular weight is 300 g/mol. The van der Waals surface area contributed by atoms with Crippen molar-refractivity contribution < 1.29 is 9.53 Å². The number of para-hydroxylation sites is 1. The van der Waals surface area contributed by atoms with Gasteiger partial charge in [0.2, 0.25) is 5.91 Å². The second-order valence-corrected chi connectivity index (χ2v) is 6.13. The SMILES string of the molecule is C[C@H](OCC1CC1)C(=O)NCCCn1ccc2ccccc21. The lowest BCUT2D eigenvalue weighted by atomic mass is 10.2. The molecule has 118 valence electrons. The summed E-state index contributed by atoms with van der Waals surface area (Å²) in [5, 5.41) is 4.22. The van der Waals surface area contributed by atoms with Crippen LogP contribution in [0.2, 0.25) is 0 Å². The summed E-state index contributed by atoms with van der Waals surface area (Å²) in [5.41, 5.74) is 1.25. The van der Waals surface area contributed by atoms with Crippen LogP contribution >= 0.6 is 0 Å². The Morgan fingerprint density at radius 3 is 3.00 bits per heavy atom. The van der Waals surface area contributed by atoms with Crippen molar-refractivity contribution in [1.82, 2.24) is 9.88 Å². The van der Waals surface area contributed by atoms with E-state index in [0.717, 1.165) is 19.6 Å². The quantitative estimate of drug-likeness (QED) is 0.762. The zero-order valence-electron chi connectivity index (χ0n) is 13.1. The third-order valence-electron chi connectivity index (χ3n) is 4.20. The highest BCUT2D eigenvalue weighted by atomic mass is 16.5. The number of rotatable bonds is 8. The Morgan fingerprint density at radius 2 is 2.18 bits per heavy atom. The topological polar surface area (TPSA) is 43.3 Å². The molecule has 1 N–H and O–H groups in total. The van der Waals surface area contributed by atoms with Gasteiger partial charge in [-0.2, -0.15) is 0 Å². The predicted octanol–water partition coefficient (Wildman–Crippen LogP) is 2.96. The number of benzene rings is 1. The maximum Gasteiger partial charge on any atom is 0.248 e. The van der Waals surface area contributed by atoms with Crippen LogP contribution in [0.1, 0.15) is 26.2 Å². The van der Waals surface area contributed by atoms with Gasteiger partial charge in [0.05, 0.1) is 6.61 Å². The molecule has 1 aliphatic carbocycles. The summed E-state index contributed by atoms with van der Waals surface area (Å²) >= 11 is 0. The molecule has 0 spiro atoms. The van der Waals surface area contributed by atoms with Crippen molar-refractivity contribution in [2.75, 3.05) is 13.2 Å². The molecule has 0 saturated heterocycles. The Morgan fingerprint density at radius 1 is 1.36 bits per heavy atom. The highest BCUT2D eigenvalue weighted by molar-refractivity contribution is 5.80. The average Bonchev–Trinajstić information content (AvgIpc) is 3.28. The Hall–Kier alpha value is -1.81. The minimum absolute atomic E-state index is 0.00184. The summed E-state index contributed by atoms with van der Waals surface area (Å²) in [7, 11) is 0. The van der Waals surface area contributed by atoms with E-state index in [1.165, 1.54) is 23.7 Å². The fourth-order valence-electron chi connectivity index (χ4n) is 2.58. The largest absolute Gasteiger partial charge is 0.368 e. The third kappa shape index (κ3) is 3.89. The first kappa shape index (κ1) is 15.1. The van der Waals surface area contributed by atoms with Crippen LogP contribution in [0.4, 0.5) is 0 Å². The van der Waals surface area contributed by atoms with Crippen LogP contribution in [0.25, 0.3) is 10.9 Å². The van der Waals surface area contributed by atoms with Crippen LogP contribution in [0.15, 0.2) is 36.5 Å². The number of nitrogens with one attached hydrogen (secondary N) is 1. The molecule has 1 aromatic heterocycles. The standard InChI is InChI=1S/C18H24N2O2/c1-14(22-13-15-7-8-15)18(21)19-10-4-11-20-12-9-16-5-2-3-6-17(16)20/h2-3,5-6,9,12,14-15H,4,7-8,10-11,13H2,1H3,(H,19,21)/t14-/m0/s1. The molecule has 0 radical (unpaired) electrons. The molecule has 4 nitrogen and oxygen atoms in total. The minimum atomic E-state index is -0.340. The molecule has 0 bridgehead atoms. The fourth-order valence-corrected chi connectivity index (χ4v) is 2.58. The summed E-state index contributed by atoms with van der Waals surface area (Å²) < 4.78 is 7.80. The van der Waals surface area contributed by atoms with E-state index in [0.29, 0.717) is 12.5 Å². The zero-order valence-corrected chi connectivity index (χ0v) is 13.1. The van der Waals surface area contributed by atoms with Crippen molar-refractivity contribution in [1.29, 1.82) is 0 Å². The van der Waals surface area contributed by atoms with Crippen molar-refractivity contribution in [3.05, 3.63) is 36.5 Å². The van der Waals surface area contributed by atoms with Gasteiger partial charge in [-0.15, -0.1) is 0 Å². The molecule has 1 amide bonds. The number of amides is 1. The molecule has 1 atom stereocenters. The van der Waals surface area contributed by atoms with Gasteiger partial charge in [-0.05, 0) is 49.6 Å². The number of ether oxygens (including phenoxy) is 1. The number of hydrogen-bond acceptors (Lipinski definition) is 2. The van der Waals surface area contributed by atoms with Crippen LogP contribution in [0.5, 0.6) is 0 Å². The number of aromatic nitrogens is 1. The minimum Gasteiger partial charge on any atom is -0.368 e. The van der Waals surface area contributed by atoms with Gasteiger partial charge in [0.25, 0.3) is 0 Å². The number of nitrogens with zero attached hydrogens (tertiary/aromatic N) is 1. The highest BCUT2D eigenvalue weighted by Gasteiger charge is 2.23. The summed E-state index contributed by atoms with van der Waals surface area (Å²) in [4.78, 5) is 11.9. The van der Waals surface area contributed by atoms with Crippen molar-refractivity contribution in [3.63, 3.8) is 0 Å². The fraction of sp³-hybridized carbons (Fsp3) is 0.500. The molecule has 0 aliphatic heterocycles. The molecule has 4 heteroatoms. The van der Waals surface area contributed by atoms with E-state index in [1.807, 2.05) is 6.92 Å². The molecule has 1 saturated carbocycles. The first-order valence-electron chi connectivity index (χ1n) is 8.17. The van der Waals surface area contributed by atoms with E-state index in [-0.39, 0.29) is 12.0 Å². The Kier molecular flexibility index (Phi) is 4.78. The summed E-state index contributed by atoms with van der Waals surface area (Å²) in [5.74, 6) is 0.690. The smallest absolute Gasteiger partial charge is 0.248 e. The Balaban J connectivity index is 1.38. The monoisotopic (exact) mass is 300 g/mol. The van der Waals surface area contributed by atoms with E-state index in [4.69, 9.17) is 4.74 Å². The molecule has 3 rings (SSSR count). The van der Waals surface area contributed by atoms with E-state index in [2.05, 4.69) is 46.4 Å². The maximum atomic E-state index is 11.9. The number of carbonyl (C=O) groups is 1. The molecular weight excluding hydrogens is 276 g/mol. The molecule has 1 aliphatic rings. The normalized spacial score (nSPS) is 15.9. The van der Waals surface area contributed by atoms with Gasteiger partial charge in [0, 0.05) is 24.8 Å². The van der Waals surface area contributed by atoms with Crippen LogP contribution < -0.4 is 5.32 Å². The summed E-state index contributed by atoms with van der Waals surface area (Å²) in [6.07, 6.45) is 5.18. The van der Waals surface area contributed by atoms with Gasteiger partial charge in [-0.3, -0.25) is 4.79 Å². The number of carbonyl (C=O) groups excluding carboxylic acids is 1. The second kappa shape index (κ2) is 6.97. The van der Waals surface area contributed by atoms with Gasteiger partial charge in [-0.25, -0.2) is 0 Å². The lowest BCUT2D eigenvalue weighted by Crippen LogP contribution is -2.35. The number of hydrogen-bond donors (Lipinski definition) is 1. The Bertz CT molecular complexity index is 631.